The number of nitrogens with one attached hydrogen (secondary N) is 2. The molecule has 2 fully saturated rings. The summed E-state index contributed by atoms with van der Waals surface area (Å²) in [6.45, 7) is 3.24. The summed E-state index contributed by atoms with van der Waals surface area (Å²) in [6, 6.07) is 6.51. The number of fused-ring (bicyclic) bond motifs is 1. The molecule has 9 heteroatoms. The standard InChI is InChI=1S/C23H29N7O2/c1-24-23-27-7-6-21(29-23)28-16-2-4-18(5-3-16)32-20-15-17(30-10-12-31-13-11-30)14-19-22(20)26-9-8-25-19/h6-9,14-16,18H,2-5,10-13H2,1H3,(H2,24,27,28,29). The molecule has 0 atom stereocenters. The maximum Gasteiger partial charge on any atom is 0.224 e. The van der Waals surface area contributed by atoms with E-state index in [1.807, 2.05) is 13.1 Å². The summed E-state index contributed by atoms with van der Waals surface area (Å²) in [5.74, 6) is 2.30. The zero-order valence-corrected chi connectivity index (χ0v) is 18.3. The van der Waals surface area contributed by atoms with Crippen LogP contribution in [0.4, 0.5) is 17.5 Å². The van der Waals surface area contributed by atoms with E-state index in [1.165, 1.54) is 0 Å². The van der Waals surface area contributed by atoms with Crippen LogP contribution in [0.25, 0.3) is 11.0 Å². The second-order valence-electron chi connectivity index (χ2n) is 8.22. The molecular formula is C23H29N7O2. The molecule has 2 N–H and O–H groups in total. The summed E-state index contributed by atoms with van der Waals surface area (Å²) >= 11 is 0. The molecular weight excluding hydrogens is 406 g/mol. The van der Waals surface area contributed by atoms with Crippen LogP contribution < -0.4 is 20.3 Å². The third-order valence-corrected chi connectivity index (χ3v) is 6.10. The molecule has 0 spiro atoms. The molecule has 0 bridgehead atoms. The van der Waals surface area contributed by atoms with Crippen LogP contribution in [-0.2, 0) is 4.74 Å². The van der Waals surface area contributed by atoms with Crippen molar-refractivity contribution >= 4 is 28.5 Å². The van der Waals surface area contributed by atoms with E-state index >= 15 is 0 Å². The summed E-state index contributed by atoms with van der Waals surface area (Å²) in [5, 5.41) is 6.51. The number of aromatic nitrogens is 4. The topological polar surface area (TPSA) is 97.3 Å². The first-order valence-corrected chi connectivity index (χ1v) is 11.3. The minimum absolute atomic E-state index is 0.163. The van der Waals surface area contributed by atoms with E-state index in [-0.39, 0.29) is 6.10 Å². The third-order valence-electron chi connectivity index (χ3n) is 6.10. The highest BCUT2D eigenvalue weighted by Crippen LogP contribution is 2.33. The molecule has 2 aromatic heterocycles. The number of benzene rings is 1. The zero-order valence-electron chi connectivity index (χ0n) is 18.3. The van der Waals surface area contributed by atoms with E-state index < -0.39 is 0 Å². The van der Waals surface area contributed by atoms with Crippen LogP contribution in [0, 0.1) is 0 Å². The van der Waals surface area contributed by atoms with Crippen molar-refractivity contribution in [3.63, 3.8) is 0 Å². The maximum atomic E-state index is 6.51. The lowest BCUT2D eigenvalue weighted by atomic mass is 9.93. The number of hydrogen-bond acceptors (Lipinski definition) is 9. The van der Waals surface area contributed by atoms with Crippen molar-refractivity contribution in [1.82, 2.24) is 19.9 Å². The highest BCUT2D eigenvalue weighted by Gasteiger charge is 2.24. The van der Waals surface area contributed by atoms with Crippen LogP contribution in [0.1, 0.15) is 25.7 Å². The number of ether oxygens (including phenoxy) is 2. The van der Waals surface area contributed by atoms with Gasteiger partial charge in [-0.15, -0.1) is 0 Å². The Labute approximate surface area is 187 Å². The van der Waals surface area contributed by atoms with Gasteiger partial charge in [-0.2, -0.15) is 4.98 Å². The first-order chi connectivity index (χ1) is 15.8. The van der Waals surface area contributed by atoms with Gasteiger partial charge in [0.1, 0.15) is 17.1 Å². The van der Waals surface area contributed by atoms with Crippen LogP contribution in [0.2, 0.25) is 0 Å². The molecule has 0 amide bonds. The summed E-state index contributed by atoms with van der Waals surface area (Å²) in [4.78, 5) is 20.1. The first-order valence-electron chi connectivity index (χ1n) is 11.3. The van der Waals surface area contributed by atoms with E-state index in [1.54, 1.807) is 18.6 Å². The molecule has 168 valence electrons. The maximum absolute atomic E-state index is 6.51. The number of anilines is 3. The summed E-state index contributed by atoms with van der Waals surface area (Å²) in [5.41, 5.74) is 2.81. The number of morpholine rings is 1. The largest absolute Gasteiger partial charge is 0.488 e. The minimum atomic E-state index is 0.163. The Bertz CT molecular complexity index is 1050. The Balaban J connectivity index is 1.26. The van der Waals surface area contributed by atoms with Gasteiger partial charge in [0.15, 0.2) is 0 Å². The van der Waals surface area contributed by atoms with E-state index in [2.05, 4.69) is 47.6 Å². The van der Waals surface area contributed by atoms with Gasteiger partial charge in [-0.1, -0.05) is 0 Å². The van der Waals surface area contributed by atoms with Crippen LogP contribution >= 0.6 is 0 Å². The lowest BCUT2D eigenvalue weighted by Crippen LogP contribution is -2.36. The summed E-state index contributed by atoms with van der Waals surface area (Å²) < 4.78 is 12.0. The first kappa shape index (κ1) is 20.7. The molecule has 1 saturated carbocycles. The van der Waals surface area contributed by atoms with E-state index in [0.29, 0.717) is 12.0 Å². The molecule has 0 unspecified atom stereocenters. The Morgan fingerprint density at radius 2 is 1.81 bits per heavy atom. The summed E-state index contributed by atoms with van der Waals surface area (Å²) in [6.07, 6.45) is 9.40. The minimum Gasteiger partial charge on any atom is -0.488 e. The molecule has 1 aromatic carbocycles. The third kappa shape index (κ3) is 4.67. The van der Waals surface area contributed by atoms with Crippen LogP contribution in [0.15, 0.2) is 36.8 Å². The van der Waals surface area contributed by atoms with Gasteiger partial charge in [-0.05, 0) is 37.8 Å². The number of hydrogen-bond donors (Lipinski definition) is 2. The Hall–Kier alpha value is -3.20. The normalized spacial score (nSPS) is 21.3. The van der Waals surface area contributed by atoms with Crippen molar-refractivity contribution < 1.29 is 9.47 Å². The molecule has 5 rings (SSSR count). The van der Waals surface area contributed by atoms with Crippen molar-refractivity contribution in [2.24, 2.45) is 0 Å². The highest BCUT2D eigenvalue weighted by molar-refractivity contribution is 5.85. The molecule has 3 heterocycles. The van der Waals surface area contributed by atoms with Crippen LogP contribution in [-0.4, -0.2) is 65.4 Å². The van der Waals surface area contributed by atoms with Gasteiger partial charge in [-0.3, -0.25) is 4.98 Å². The van der Waals surface area contributed by atoms with Gasteiger partial charge in [0.05, 0.1) is 24.8 Å². The molecule has 32 heavy (non-hydrogen) atoms. The van der Waals surface area contributed by atoms with Gasteiger partial charge in [0, 0.05) is 56.5 Å². The van der Waals surface area contributed by atoms with E-state index in [0.717, 1.165) is 80.3 Å². The molecule has 1 aliphatic heterocycles. The average molecular weight is 436 g/mol. The van der Waals surface area contributed by atoms with Gasteiger partial charge in [0.25, 0.3) is 0 Å². The average Bonchev–Trinajstić information content (AvgIpc) is 2.86. The Morgan fingerprint density at radius 3 is 2.62 bits per heavy atom. The molecule has 1 saturated heterocycles. The van der Waals surface area contributed by atoms with Gasteiger partial charge >= 0.3 is 0 Å². The fourth-order valence-electron chi connectivity index (χ4n) is 4.40. The monoisotopic (exact) mass is 435 g/mol. The fraction of sp³-hybridized carbons (Fsp3) is 0.478. The van der Waals surface area contributed by atoms with Crippen molar-refractivity contribution in [2.75, 3.05) is 48.9 Å². The Morgan fingerprint density at radius 1 is 1.00 bits per heavy atom. The van der Waals surface area contributed by atoms with E-state index in [4.69, 9.17) is 9.47 Å². The number of nitrogens with zero attached hydrogens (tertiary/aromatic N) is 5. The molecule has 2 aliphatic rings. The highest BCUT2D eigenvalue weighted by atomic mass is 16.5. The molecule has 9 nitrogen and oxygen atoms in total. The van der Waals surface area contributed by atoms with Crippen molar-refractivity contribution in [3.8, 4) is 5.75 Å². The molecule has 3 aromatic rings. The van der Waals surface area contributed by atoms with Crippen molar-refractivity contribution in [3.05, 3.63) is 36.8 Å². The molecule has 1 aliphatic carbocycles. The number of rotatable bonds is 6. The SMILES string of the molecule is CNc1nccc(NC2CCC(Oc3cc(N4CCOCC4)cc4nccnc34)CC2)n1. The second-order valence-corrected chi connectivity index (χ2v) is 8.22. The lowest BCUT2D eigenvalue weighted by molar-refractivity contribution is 0.122. The smallest absolute Gasteiger partial charge is 0.224 e. The fourth-order valence-corrected chi connectivity index (χ4v) is 4.40. The van der Waals surface area contributed by atoms with Gasteiger partial charge in [0.2, 0.25) is 5.95 Å². The van der Waals surface area contributed by atoms with Gasteiger partial charge in [-0.25, -0.2) is 9.97 Å². The van der Waals surface area contributed by atoms with Crippen LogP contribution in [0.3, 0.4) is 0 Å². The Kier molecular flexibility index (Phi) is 6.15. The lowest BCUT2D eigenvalue weighted by Gasteiger charge is -2.31. The second kappa shape index (κ2) is 9.52. The summed E-state index contributed by atoms with van der Waals surface area (Å²) in [7, 11) is 1.82. The van der Waals surface area contributed by atoms with Crippen molar-refractivity contribution in [2.45, 2.75) is 37.8 Å². The molecule has 0 radical (unpaired) electrons. The van der Waals surface area contributed by atoms with Crippen molar-refractivity contribution in [1.29, 1.82) is 0 Å². The van der Waals surface area contributed by atoms with Gasteiger partial charge < -0.3 is 25.0 Å². The quantitative estimate of drug-likeness (QED) is 0.605. The predicted molar refractivity (Wildman–Crippen MR) is 124 cm³/mol. The van der Waals surface area contributed by atoms with E-state index in [9.17, 15) is 0 Å². The zero-order chi connectivity index (χ0) is 21.8. The van der Waals surface area contributed by atoms with Crippen LogP contribution in [0.5, 0.6) is 5.75 Å². The predicted octanol–water partition coefficient (Wildman–Crippen LogP) is 3.10.